The predicted molar refractivity (Wildman–Crippen MR) is 161 cm³/mol. The molecule has 0 aliphatic carbocycles. The maximum Gasteiger partial charge on any atom is 0.330 e. The van der Waals surface area contributed by atoms with Gasteiger partial charge in [-0.1, -0.05) is 6.07 Å². The highest BCUT2D eigenvalue weighted by atomic mass is 16.7. The SMILES string of the molecule is COc1cc(/C=C/C(=O)OC[C@H]2O[C@@H](Oc3c(-c4ccc(O)cc4)oc4cc(O)c(OC)c(O)c4c3=O)[C@H](O)[C@@H](O)[C@@H]2O)ccc1O. The van der Waals surface area contributed by atoms with Gasteiger partial charge in [0.1, 0.15) is 47.7 Å². The van der Waals surface area contributed by atoms with Gasteiger partial charge >= 0.3 is 5.97 Å². The van der Waals surface area contributed by atoms with Gasteiger partial charge in [-0.15, -0.1) is 0 Å². The van der Waals surface area contributed by atoms with Gasteiger partial charge in [-0.3, -0.25) is 4.79 Å². The van der Waals surface area contributed by atoms with Crippen LogP contribution in [0.4, 0.5) is 0 Å². The van der Waals surface area contributed by atoms with E-state index in [-0.39, 0.29) is 34.2 Å². The van der Waals surface area contributed by atoms with Crippen molar-refractivity contribution in [2.24, 2.45) is 0 Å². The molecule has 7 N–H and O–H groups in total. The van der Waals surface area contributed by atoms with Crippen LogP contribution in [0.25, 0.3) is 28.4 Å². The summed E-state index contributed by atoms with van der Waals surface area (Å²) in [5.74, 6) is -3.54. The summed E-state index contributed by atoms with van der Waals surface area (Å²) >= 11 is 0. The van der Waals surface area contributed by atoms with Crippen LogP contribution >= 0.6 is 0 Å². The Balaban J connectivity index is 1.43. The van der Waals surface area contributed by atoms with Crippen LogP contribution in [0.3, 0.4) is 0 Å². The van der Waals surface area contributed by atoms with E-state index in [1.54, 1.807) is 0 Å². The molecule has 1 aromatic heterocycles. The normalized spacial score (nSPS) is 21.1. The molecule has 0 bridgehead atoms. The Kier molecular flexibility index (Phi) is 9.44. The molecule has 0 spiro atoms. The summed E-state index contributed by atoms with van der Waals surface area (Å²) in [6.45, 7) is -0.624. The minimum Gasteiger partial charge on any atom is -0.508 e. The van der Waals surface area contributed by atoms with Crippen molar-refractivity contribution >= 4 is 23.0 Å². The van der Waals surface area contributed by atoms with E-state index < -0.39 is 77.1 Å². The number of aliphatic hydroxyl groups is 3. The second-order valence-corrected chi connectivity index (χ2v) is 10.3. The van der Waals surface area contributed by atoms with E-state index in [1.165, 1.54) is 55.7 Å². The molecule has 2 heterocycles. The van der Waals surface area contributed by atoms with Gasteiger partial charge < -0.3 is 63.8 Å². The molecular formula is C32H30O15. The first-order valence-electron chi connectivity index (χ1n) is 13.9. The van der Waals surface area contributed by atoms with Crippen LogP contribution in [0.15, 0.2) is 63.8 Å². The van der Waals surface area contributed by atoms with Gasteiger partial charge in [0.05, 0.1) is 14.2 Å². The van der Waals surface area contributed by atoms with Crippen molar-refractivity contribution in [3.8, 4) is 51.6 Å². The van der Waals surface area contributed by atoms with Gasteiger partial charge in [-0.25, -0.2) is 4.79 Å². The van der Waals surface area contributed by atoms with Crippen molar-refractivity contribution in [1.29, 1.82) is 0 Å². The largest absolute Gasteiger partial charge is 0.508 e. The fraction of sp³-hybridized carbons (Fsp3) is 0.250. The van der Waals surface area contributed by atoms with E-state index in [4.69, 9.17) is 28.1 Å². The second kappa shape index (κ2) is 13.5. The molecule has 0 amide bonds. The smallest absolute Gasteiger partial charge is 0.330 e. The van der Waals surface area contributed by atoms with Crippen LogP contribution in [0.5, 0.6) is 40.2 Å². The third kappa shape index (κ3) is 6.59. The number of methoxy groups -OCH3 is 2. The number of hydrogen-bond acceptors (Lipinski definition) is 15. The average molecular weight is 655 g/mol. The fourth-order valence-corrected chi connectivity index (χ4v) is 4.84. The molecule has 15 nitrogen and oxygen atoms in total. The Hall–Kier alpha value is -5.48. The molecule has 15 heteroatoms. The zero-order valence-electron chi connectivity index (χ0n) is 24.8. The molecule has 47 heavy (non-hydrogen) atoms. The van der Waals surface area contributed by atoms with Gasteiger partial charge in [0, 0.05) is 17.7 Å². The van der Waals surface area contributed by atoms with Crippen molar-refractivity contribution in [3.63, 3.8) is 0 Å². The molecule has 1 saturated heterocycles. The molecule has 5 rings (SSSR count). The maximum absolute atomic E-state index is 13.8. The number of carbonyl (C=O) groups is 1. The first-order valence-corrected chi connectivity index (χ1v) is 13.9. The van der Waals surface area contributed by atoms with Crippen molar-refractivity contribution < 1.29 is 68.6 Å². The Morgan fingerprint density at radius 3 is 2.28 bits per heavy atom. The van der Waals surface area contributed by atoms with E-state index in [1.807, 2.05) is 0 Å². The Labute approximate surface area is 265 Å². The number of fused-ring (bicyclic) bond motifs is 1. The Bertz CT molecular complexity index is 1860. The summed E-state index contributed by atoms with van der Waals surface area (Å²) in [5.41, 5.74) is -0.595. The zero-order valence-corrected chi connectivity index (χ0v) is 24.8. The second-order valence-electron chi connectivity index (χ2n) is 10.3. The standard InChI is InChI=1S/C32H30O15/c1-42-19-11-14(3-9-17(19)34)4-10-22(36)44-13-21-24(37)27(40)28(41)32(46-21)47-31-26(39)23-20(12-18(35)30(43-2)25(23)38)45-29(31)15-5-7-16(33)8-6-15/h3-12,21,24,27-28,32-35,37-38,40-41H,13H2,1-2H3/b10-4+/t21-,24-,27+,28-,32+/m1/s1. The van der Waals surface area contributed by atoms with Crippen LogP contribution in [0, 0.1) is 0 Å². The number of hydrogen-bond donors (Lipinski definition) is 7. The van der Waals surface area contributed by atoms with Gasteiger partial charge in [-0.05, 0) is 48.0 Å². The first kappa shape index (κ1) is 32.9. The monoisotopic (exact) mass is 654 g/mol. The van der Waals surface area contributed by atoms with Crippen molar-refractivity contribution in [2.75, 3.05) is 20.8 Å². The molecule has 1 aliphatic rings. The molecule has 248 valence electrons. The van der Waals surface area contributed by atoms with Crippen LogP contribution in [-0.4, -0.2) is 93.2 Å². The molecule has 0 unspecified atom stereocenters. The van der Waals surface area contributed by atoms with E-state index in [9.17, 15) is 45.3 Å². The van der Waals surface area contributed by atoms with Gasteiger partial charge in [0.2, 0.25) is 23.2 Å². The molecule has 0 radical (unpaired) electrons. The summed E-state index contributed by atoms with van der Waals surface area (Å²) in [6, 6.07) is 10.7. The van der Waals surface area contributed by atoms with Crippen molar-refractivity contribution in [3.05, 3.63) is 70.4 Å². The Morgan fingerprint density at radius 2 is 1.60 bits per heavy atom. The Morgan fingerprint density at radius 1 is 0.872 bits per heavy atom. The van der Waals surface area contributed by atoms with Crippen LogP contribution in [0.2, 0.25) is 0 Å². The number of rotatable bonds is 9. The first-order chi connectivity index (χ1) is 22.4. The van der Waals surface area contributed by atoms with Crippen LogP contribution < -0.4 is 19.6 Å². The van der Waals surface area contributed by atoms with Crippen LogP contribution in [0.1, 0.15) is 5.56 Å². The highest BCUT2D eigenvalue weighted by molar-refractivity contribution is 5.91. The molecule has 1 aliphatic heterocycles. The number of aliphatic hydroxyl groups excluding tert-OH is 3. The number of benzene rings is 3. The van der Waals surface area contributed by atoms with E-state index in [0.29, 0.717) is 5.56 Å². The molecule has 4 aromatic rings. The molecule has 1 fully saturated rings. The minimum atomic E-state index is -1.94. The third-order valence-electron chi connectivity index (χ3n) is 7.29. The zero-order chi connectivity index (χ0) is 34.0. The summed E-state index contributed by atoms with van der Waals surface area (Å²) < 4.78 is 32.4. The molecule has 3 aromatic carbocycles. The number of aromatic hydroxyl groups is 4. The van der Waals surface area contributed by atoms with E-state index >= 15 is 0 Å². The van der Waals surface area contributed by atoms with Gasteiger partial charge in [0.15, 0.2) is 28.8 Å². The van der Waals surface area contributed by atoms with Gasteiger partial charge in [0.25, 0.3) is 0 Å². The lowest BCUT2D eigenvalue weighted by Crippen LogP contribution is -2.60. The minimum absolute atomic E-state index is 0.0966. The van der Waals surface area contributed by atoms with Gasteiger partial charge in [-0.2, -0.15) is 0 Å². The number of phenols is 4. The number of esters is 1. The summed E-state index contributed by atoms with van der Waals surface area (Å²) in [6.07, 6.45) is -6.47. The predicted octanol–water partition coefficient (Wildman–Crippen LogP) is 1.74. The molecule has 5 atom stereocenters. The summed E-state index contributed by atoms with van der Waals surface area (Å²) in [5, 5.41) is 71.9. The fourth-order valence-electron chi connectivity index (χ4n) is 4.84. The lowest BCUT2D eigenvalue weighted by Gasteiger charge is -2.39. The van der Waals surface area contributed by atoms with E-state index in [0.717, 1.165) is 19.3 Å². The number of ether oxygens (including phenoxy) is 5. The van der Waals surface area contributed by atoms with Crippen molar-refractivity contribution in [1.82, 2.24) is 0 Å². The maximum atomic E-state index is 13.8. The van der Waals surface area contributed by atoms with E-state index in [2.05, 4.69) is 0 Å². The van der Waals surface area contributed by atoms with Crippen molar-refractivity contribution in [2.45, 2.75) is 30.7 Å². The van der Waals surface area contributed by atoms with Crippen LogP contribution in [-0.2, 0) is 14.3 Å². The highest BCUT2D eigenvalue weighted by Crippen LogP contribution is 2.43. The number of carbonyl (C=O) groups excluding carboxylic acids is 1. The highest BCUT2D eigenvalue weighted by Gasteiger charge is 2.46. The topological polar surface area (TPSA) is 235 Å². The lowest BCUT2D eigenvalue weighted by molar-refractivity contribution is -0.278. The molecular weight excluding hydrogens is 624 g/mol. The quantitative estimate of drug-likeness (QED) is 0.101. The third-order valence-corrected chi connectivity index (χ3v) is 7.29. The number of phenolic OH excluding ortho intramolecular Hbond substituents is 4. The molecule has 0 saturated carbocycles. The summed E-state index contributed by atoms with van der Waals surface area (Å²) in [7, 11) is 2.51. The summed E-state index contributed by atoms with van der Waals surface area (Å²) in [4.78, 5) is 26.2. The average Bonchev–Trinajstić information content (AvgIpc) is 3.05. The lowest BCUT2D eigenvalue weighted by atomic mass is 9.99.